The molecule has 11 heteroatoms. The number of hydrogen-bond acceptors (Lipinski definition) is 8. The summed E-state index contributed by atoms with van der Waals surface area (Å²) >= 11 is 0. The molecule has 3 N–H and O–H groups in total. The SMILES string of the molecule is CCOc1cc(/C=N\NC(=O)C(=O)NCc2ccc3c(c2)OCO3)ccc1OCC(=O)Nc1c(C)cccc1C. The lowest BCUT2D eigenvalue weighted by Crippen LogP contribution is -2.37. The van der Waals surface area contributed by atoms with Gasteiger partial charge in [0.25, 0.3) is 5.91 Å². The number of carbonyl (C=O) groups is 3. The van der Waals surface area contributed by atoms with Crippen LogP contribution in [-0.2, 0) is 20.9 Å². The molecule has 208 valence electrons. The number of amides is 3. The van der Waals surface area contributed by atoms with Crippen LogP contribution in [0.3, 0.4) is 0 Å². The number of nitrogens with one attached hydrogen (secondary N) is 3. The van der Waals surface area contributed by atoms with Gasteiger partial charge in [0.2, 0.25) is 6.79 Å². The third-order valence-corrected chi connectivity index (χ3v) is 5.85. The first-order valence-electron chi connectivity index (χ1n) is 12.6. The van der Waals surface area contributed by atoms with Gasteiger partial charge in [0, 0.05) is 12.2 Å². The van der Waals surface area contributed by atoms with Gasteiger partial charge in [-0.05, 0) is 73.4 Å². The van der Waals surface area contributed by atoms with Crippen LogP contribution in [-0.4, -0.2) is 43.9 Å². The van der Waals surface area contributed by atoms with Crippen molar-refractivity contribution in [1.82, 2.24) is 10.7 Å². The lowest BCUT2D eigenvalue weighted by molar-refractivity contribution is -0.139. The standard InChI is InChI=1S/C29H30N4O7/c1-4-37-24-13-21(9-10-22(24)38-16-26(34)32-27-18(2)6-5-7-19(27)3)15-31-33-29(36)28(35)30-14-20-8-11-23-25(12-20)40-17-39-23/h5-13,15H,4,14,16-17H2,1-3H3,(H,30,35)(H,32,34)(H,33,36)/b31-15-. The number of hydrogen-bond donors (Lipinski definition) is 3. The molecule has 11 nitrogen and oxygen atoms in total. The molecule has 0 fully saturated rings. The first kappa shape index (κ1) is 28.0. The Morgan fingerprint density at radius 1 is 0.925 bits per heavy atom. The molecule has 0 aromatic heterocycles. The third kappa shape index (κ3) is 7.28. The molecule has 0 spiro atoms. The molecule has 0 aliphatic carbocycles. The van der Waals surface area contributed by atoms with Gasteiger partial charge in [0.15, 0.2) is 29.6 Å². The number of ether oxygens (including phenoxy) is 4. The normalized spacial score (nSPS) is 11.7. The highest BCUT2D eigenvalue weighted by atomic mass is 16.7. The molecule has 40 heavy (non-hydrogen) atoms. The average molecular weight is 547 g/mol. The Labute approximate surface area is 231 Å². The lowest BCUT2D eigenvalue weighted by Gasteiger charge is -2.14. The van der Waals surface area contributed by atoms with E-state index in [1.54, 1.807) is 36.4 Å². The number of para-hydroxylation sites is 1. The Balaban J connectivity index is 1.28. The fraction of sp³-hybridized carbons (Fsp3) is 0.241. The van der Waals surface area contributed by atoms with Crippen LogP contribution in [0.2, 0.25) is 0 Å². The maximum atomic E-state index is 12.5. The quantitative estimate of drug-likeness (QED) is 0.202. The van der Waals surface area contributed by atoms with E-state index in [9.17, 15) is 14.4 Å². The van der Waals surface area contributed by atoms with Crippen molar-refractivity contribution in [2.75, 3.05) is 25.3 Å². The largest absolute Gasteiger partial charge is 0.490 e. The zero-order valence-corrected chi connectivity index (χ0v) is 22.4. The first-order valence-corrected chi connectivity index (χ1v) is 12.6. The molecule has 3 amide bonds. The van der Waals surface area contributed by atoms with E-state index in [1.165, 1.54) is 6.21 Å². The highest BCUT2D eigenvalue weighted by molar-refractivity contribution is 6.35. The Morgan fingerprint density at radius 3 is 2.48 bits per heavy atom. The number of fused-ring (bicyclic) bond motifs is 1. The van der Waals surface area contributed by atoms with E-state index in [0.717, 1.165) is 22.4 Å². The van der Waals surface area contributed by atoms with E-state index in [0.29, 0.717) is 35.2 Å². The topological polar surface area (TPSA) is 137 Å². The number of hydrazone groups is 1. The molecule has 0 bridgehead atoms. The molecule has 1 aliphatic rings. The van der Waals surface area contributed by atoms with Gasteiger partial charge < -0.3 is 29.6 Å². The highest BCUT2D eigenvalue weighted by Gasteiger charge is 2.16. The molecule has 4 rings (SSSR count). The zero-order chi connectivity index (χ0) is 28.5. The molecule has 1 aliphatic heterocycles. The summed E-state index contributed by atoms with van der Waals surface area (Å²) in [4.78, 5) is 36.7. The van der Waals surface area contributed by atoms with Crippen molar-refractivity contribution in [2.45, 2.75) is 27.3 Å². The molecule has 3 aromatic carbocycles. The van der Waals surface area contributed by atoms with Gasteiger partial charge in [-0.3, -0.25) is 14.4 Å². The van der Waals surface area contributed by atoms with Gasteiger partial charge in [-0.25, -0.2) is 5.43 Å². The Hall–Kier alpha value is -5.06. The number of carbonyl (C=O) groups excluding carboxylic acids is 3. The van der Waals surface area contributed by atoms with Crippen molar-refractivity contribution in [1.29, 1.82) is 0 Å². The Bertz CT molecular complexity index is 1420. The van der Waals surface area contributed by atoms with Crippen LogP contribution in [0, 0.1) is 13.8 Å². The molecule has 1 heterocycles. The van der Waals surface area contributed by atoms with E-state index in [2.05, 4.69) is 21.2 Å². The Morgan fingerprint density at radius 2 is 1.70 bits per heavy atom. The number of benzene rings is 3. The molecule has 0 atom stereocenters. The molecule has 0 unspecified atom stereocenters. The number of aryl methyl sites for hydroxylation is 2. The summed E-state index contributed by atoms with van der Waals surface area (Å²) in [7, 11) is 0. The molecule has 0 radical (unpaired) electrons. The van der Waals surface area contributed by atoms with Crippen LogP contribution in [0.25, 0.3) is 0 Å². The van der Waals surface area contributed by atoms with E-state index in [4.69, 9.17) is 18.9 Å². The van der Waals surface area contributed by atoms with Crippen LogP contribution >= 0.6 is 0 Å². The van der Waals surface area contributed by atoms with Crippen molar-refractivity contribution in [3.8, 4) is 23.0 Å². The second-order valence-electron chi connectivity index (χ2n) is 8.81. The van der Waals surface area contributed by atoms with Gasteiger partial charge in [-0.2, -0.15) is 5.10 Å². The van der Waals surface area contributed by atoms with E-state index >= 15 is 0 Å². The van der Waals surface area contributed by atoms with Gasteiger partial charge in [0.1, 0.15) is 0 Å². The summed E-state index contributed by atoms with van der Waals surface area (Å²) < 4.78 is 21.9. The Kier molecular flexibility index (Phi) is 9.19. The second kappa shape index (κ2) is 13.1. The molecule has 0 saturated heterocycles. The monoisotopic (exact) mass is 546 g/mol. The van der Waals surface area contributed by atoms with Crippen LogP contribution in [0.15, 0.2) is 59.7 Å². The van der Waals surface area contributed by atoms with Gasteiger partial charge in [-0.15, -0.1) is 0 Å². The molecular weight excluding hydrogens is 516 g/mol. The van der Waals surface area contributed by atoms with Crippen molar-refractivity contribution in [3.63, 3.8) is 0 Å². The summed E-state index contributed by atoms with van der Waals surface area (Å²) in [5.41, 5.74) is 6.21. The smallest absolute Gasteiger partial charge is 0.329 e. The van der Waals surface area contributed by atoms with E-state index in [1.807, 2.05) is 39.0 Å². The predicted octanol–water partition coefficient (Wildman–Crippen LogP) is 3.21. The predicted molar refractivity (Wildman–Crippen MR) is 148 cm³/mol. The van der Waals surface area contributed by atoms with Gasteiger partial charge in [0.05, 0.1) is 12.8 Å². The van der Waals surface area contributed by atoms with E-state index < -0.39 is 11.8 Å². The second-order valence-corrected chi connectivity index (χ2v) is 8.81. The highest BCUT2D eigenvalue weighted by Crippen LogP contribution is 2.32. The van der Waals surface area contributed by atoms with Crippen molar-refractivity contribution >= 4 is 29.6 Å². The van der Waals surface area contributed by atoms with Crippen LogP contribution < -0.4 is 35.0 Å². The minimum Gasteiger partial charge on any atom is -0.490 e. The number of rotatable bonds is 10. The lowest BCUT2D eigenvalue weighted by atomic mass is 10.1. The number of anilines is 1. The summed E-state index contributed by atoms with van der Waals surface area (Å²) in [6.07, 6.45) is 1.36. The van der Waals surface area contributed by atoms with E-state index in [-0.39, 0.29) is 25.9 Å². The summed E-state index contributed by atoms with van der Waals surface area (Å²) in [6, 6.07) is 16.0. The fourth-order valence-corrected chi connectivity index (χ4v) is 3.85. The summed E-state index contributed by atoms with van der Waals surface area (Å²) in [6.45, 7) is 6.11. The minimum atomic E-state index is -0.920. The van der Waals surface area contributed by atoms with Crippen LogP contribution in [0.4, 0.5) is 5.69 Å². The van der Waals surface area contributed by atoms with Gasteiger partial charge in [-0.1, -0.05) is 24.3 Å². The van der Waals surface area contributed by atoms with Crippen molar-refractivity contribution in [3.05, 3.63) is 76.9 Å². The zero-order valence-electron chi connectivity index (χ0n) is 22.4. The van der Waals surface area contributed by atoms with Crippen LogP contribution in [0.5, 0.6) is 23.0 Å². The minimum absolute atomic E-state index is 0.133. The molecule has 3 aromatic rings. The van der Waals surface area contributed by atoms with Crippen LogP contribution in [0.1, 0.15) is 29.2 Å². The fourth-order valence-electron chi connectivity index (χ4n) is 3.85. The summed E-state index contributed by atoms with van der Waals surface area (Å²) in [5, 5.41) is 9.25. The third-order valence-electron chi connectivity index (χ3n) is 5.85. The van der Waals surface area contributed by atoms with Crippen molar-refractivity contribution < 1.29 is 33.3 Å². The summed E-state index contributed by atoms with van der Waals surface area (Å²) in [5.74, 6) is -0.0615. The molecular formula is C29H30N4O7. The maximum Gasteiger partial charge on any atom is 0.329 e. The maximum absolute atomic E-state index is 12.5. The molecule has 0 saturated carbocycles. The van der Waals surface area contributed by atoms with Crippen molar-refractivity contribution in [2.24, 2.45) is 5.10 Å². The first-order chi connectivity index (χ1) is 19.3. The number of nitrogens with zero attached hydrogens (tertiary/aromatic N) is 1. The average Bonchev–Trinajstić information content (AvgIpc) is 3.41. The van der Waals surface area contributed by atoms with Gasteiger partial charge >= 0.3 is 11.8 Å².